The van der Waals surface area contributed by atoms with Gasteiger partial charge in [-0.25, -0.2) is 8.78 Å². The Morgan fingerprint density at radius 3 is 2.37 bits per heavy atom. The number of nitrogens with zero attached hydrogens (tertiary/aromatic N) is 3. The molecule has 1 fully saturated rings. The third kappa shape index (κ3) is 10.5. The largest absolute Gasteiger partial charge is 0.297 e. The number of anilines is 1. The lowest BCUT2D eigenvalue weighted by Gasteiger charge is -2.20. The van der Waals surface area contributed by atoms with E-state index in [0.29, 0.717) is 56.0 Å². The number of hydrogen-bond donors (Lipinski definition) is 1. The Kier molecular flexibility index (Phi) is 12.6. The number of halogens is 2. The van der Waals surface area contributed by atoms with E-state index >= 15 is 0 Å². The number of rotatable bonds is 14. The molecule has 0 spiro atoms. The van der Waals surface area contributed by atoms with Crippen LogP contribution in [0.2, 0.25) is 0 Å². The summed E-state index contributed by atoms with van der Waals surface area (Å²) in [7, 11) is 0. The third-order valence-corrected chi connectivity index (χ3v) is 6.56. The van der Waals surface area contributed by atoms with Gasteiger partial charge in [-0.3, -0.25) is 24.3 Å². The van der Waals surface area contributed by atoms with Crippen molar-refractivity contribution in [3.05, 3.63) is 94.4 Å². The van der Waals surface area contributed by atoms with E-state index in [-0.39, 0.29) is 30.9 Å². The molecule has 1 N–H and O–H groups in total. The third-order valence-electron chi connectivity index (χ3n) is 6.56. The van der Waals surface area contributed by atoms with E-state index in [9.17, 15) is 23.3 Å². The minimum atomic E-state index is -0.720. The van der Waals surface area contributed by atoms with Crippen molar-refractivity contribution >= 4 is 23.8 Å². The van der Waals surface area contributed by atoms with Gasteiger partial charge in [0.15, 0.2) is 0 Å². The van der Waals surface area contributed by atoms with E-state index < -0.39 is 11.7 Å². The van der Waals surface area contributed by atoms with Crippen LogP contribution in [0, 0.1) is 22.5 Å². The molecule has 2 unspecified atom stereocenters. The zero-order chi connectivity index (χ0) is 29.6. The zero-order valence-electron chi connectivity index (χ0n) is 23.3. The quantitative estimate of drug-likeness (QED) is 0.0731. The zero-order valence-corrected chi connectivity index (χ0v) is 23.3. The van der Waals surface area contributed by atoms with Crippen LogP contribution in [0.25, 0.3) is 0 Å². The van der Waals surface area contributed by atoms with Crippen molar-refractivity contribution in [2.24, 2.45) is 16.1 Å². The minimum Gasteiger partial charge on any atom is -0.297 e. The summed E-state index contributed by atoms with van der Waals surface area (Å²) in [5, 5.41) is 2.41. The molecule has 0 saturated carbocycles. The summed E-state index contributed by atoms with van der Waals surface area (Å²) in [5.41, 5.74) is 5.54. The Morgan fingerprint density at radius 1 is 1.07 bits per heavy atom. The summed E-state index contributed by atoms with van der Waals surface area (Å²) in [6, 6.07) is 11.8. The number of benzene rings is 2. The molecule has 1 saturated heterocycles. The average Bonchev–Trinajstić information content (AvgIpc) is 3.42. The van der Waals surface area contributed by atoms with Crippen LogP contribution in [0.15, 0.2) is 82.5 Å². The maximum atomic E-state index is 13.5. The molecule has 0 aromatic heterocycles. The summed E-state index contributed by atoms with van der Waals surface area (Å²) in [4.78, 5) is 45.6. The van der Waals surface area contributed by atoms with Gasteiger partial charge in [0.1, 0.15) is 17.5 Å². The molecule has 2 amide bonds. The molecule has 3 rings (SSSR count). The van der Waals surface area contributed by atoms with Gasteiger partial charge in [-0.05, 0) is 72.7 Å². The van der Waals surface area contributed by atoms with Gasteiger partial charge in [0.25, 0.3) is 5.91 Å². The van der Waals surface area contributed by atoms with Crippen LogP contribution in [0.4, 0.5) is 14.5 Å². The SMILES string of the molecule is CC(C)/C=C\C(=C/CN=C(CCCCC(=O)N=O)N(C=O)c1ccc(F)cc1)C1CC(Cc2ccc(F)cc2)ON1. The summed E-state index contributed by atoms with van der Waals surface area (Å²) < 4.78 is 26.8. The van der Waals surface area contributed by atoms with Crippen molar-refractivity contribution in [2.75, 3.05) is 11.4 Å². The second-order valence-electron chi connectivity index (χ2n) is 10.2. The first kappa shape index (κ1) is 31.6. The van der Waals surface area contributed by atoms with Crippen LogP contribution in [0.1, 0.15) is 51.5 Å². The fraction of sp³-hybridized carbons (Fsp3) is 0.387. The Morgan fingerprint density at radius 2 is 1.73 bits per heavy atom. The number of unbranched alkanes of at least 4 members (excludes halogenated alkanes) is 1. The molecule has 0 radical (unpaired) electrons. The van der Waals surface area contributed by atoms with E-state index in [2.05, 4.69) is 30.6 Å². The predicted octanol–water partition coefficient (Wildman–Crippen LogP) is 6.22. The molecule has 1 heterocycles. The van der Waals surface area contributed by atoms with E-state index in [1.165, 1.54) is 41.3 Å². The van der Waals surface area contributed by atoms with Crippen LogP contribution in [-0.4, -0.2) is 36.8 Å². The molecule has 2 aromatic carbocycles. The van der Waals surface area contributed by atoms with Crippen LogP contribution >= 0.6 is 0 Å². The van der Waals surface area contributed by atoms with Crippen LogP contribution < -0.4 is 10.4 Å². The molecule has 0 aliphatic carbocycles. The lowest BCUT2D eigenvalue weighted by atomic mass is 9.97. The monoisotopic (exact) mass is 566 g/mol. The molecule has 1 aliphatic rings. The summed E-state index contributed by atoms with van der Waals surface area (Å²) in [6.07, 6.45) is 9.26. The van der Waals surface area contributed by atoms with E-state index in [1.54, 1.807) is 12.1 Å². The van der Waals surface area contributed by atoms with Gasteiger partial charge in [-0.1, -0.05) is 44.2 Å². The van der Waals surface area contributed by atoms with Crippen molar-refractivity contribution in [3.8, 4) is 0 Å². The summed E-state index contributed by atoms with van der Waals surface area (Å²) in [6.45, 7) is 4.42. The molecule has 10 heteroatoms. The van der Waals surface area contributed by atoms with Crippen molar-refractivity contribution in [1.82, 2.24) is 5.48 Å². The second kappa shape index (κ2) is 16.4. The first-order chi connectivity index (χ1) is 19.8. The average molecular weight is 567 g/mol. The van der Waals surface area contributed by atoms with Gasteiger partial charge in [-0.15, -0.1) is 4.91 Å². The molecule has 218 valence electrons. The minimum absolute atomic E-state index is 0.0188. The molecule has 1 aliphatic heterocycles. The molecule has 2 aromatic rings. The summed E-state index contributed by atoms with van der Waals surface area (Å²) >= 11 is 0. The van der Waals surface area contributed by atoms with E-state index in [4.69, 9.17) is 9.83 Å². The second-order valence-corrected chi connectivity index (χ2v) is 10.2. The fourth-order valence-corrected chi connectivity index (χ4v) is 4.39. The molecular weight excluding hydrogens is 530 g/mol. The van der Waals surface area contributed by atoms with Gasteiger partial charge in [0, 0.05) is 30.1 Å². The van der Waals surface area contributed by atoms with E-state index in [1.807, 2.05) is 12.2 Å². The van der Waals surface area contributed by atoms with Crippen LogP contribution in [0.5, 0.6) is 0 Å². The normalized spacial score (nSPS) is 17.8. The molecule has 0 bridgehead atoms. The van der Waals surface area contributed by atoms with Gasteiger partial charge in [0.2, 0.25) is 6.41 Å². The Labute approximate surface area is 239 Å². The highest BCUT2D eigenvalue weighted by molar-refractivity contribution is 6.09. The van der Waals surface area contributed by atoms with Crippen LogP contribution in [0.3, 0.4) is 0 Å². The smallest absolute Gasteiger partial charge is 0.286 e. The number of aliphatic imine (C=N–C) groups is 1. The number of carbonyl (C=O) groups is 2. The lowest BCUT2D eigenvalue weighted by Crippen LogP contribution is -2.30. The highest BCUT2D eigenvalue weighted by atomic mass is 19.1. The predicted molar refractivity (Wildman–Crippen MR) is 155 cm³/mol. The van der Waals surface area contributed by atoms with Gasteiger partial charge < -0.3 is 0 Å². The van der Waals surface area contributed by atoms with Crippen LogP contribution in [-0.2, 0) is 20.8 Å². The number of amides is 2. The number of nitroso groups, excluding NO2 is 1. The van der Waals surface area contributed by atoms with Gasteiger partial charge in [-0.2, -0.15) is 5.48 Å². The topological polar surface area (TPSA) is 100 Å². The standard InChI is InChI=1S/C31H36F2N4O4/c1-22(2)7-10-24(29-20-28(41-36-29)19-23-8-11-25(32)12-9-23)17-18-34-30(5-3-4-6-31(39)35-40)37(21-38)27-15-13-26(33)14-16-27/h7-17,21-22,28-29,36H,3-6,18-20H2,1-2H3/b10-7-,24-17+,34-30?. The Balaban J connectivity index is 1.77. The lowest BCUT2D eigenvalue weighted by molar-refractivity contribution is -0.118. The molecule has 41 heavy (non-hydrogen) atoms. The highest BCUT2D eigenvalue weighted by Gasteiger charge is 2.27. The highest BCUT2D eigenvalue weighted by Crippen LogP contribution is 2.23. The maximum absolute atomic E-state index is 13.5. The Hall–Kier alpha value is -3.89. The number of hydroxylamine groups is 1. The number of allylic oxidation sites excluding steroid dienone is 1. The van der Waals surface area contributed by atoms with E-state index in [0.717, 1.165) is 11.1 Å². The number of nitrogens with one attached hydrogen (secondary N) is 1. The Bertz CT molecular complexity index is 1240. The van der Waals surface area contributed by atoms with Gasteiger partial charge >= 0.3 is 0 Å². The number of amidine groups is 1. The first-order valence-corrected chi connectivity index (χ1v) is 13.7. The number of carbonyl (C=O) groups excluding carboxylic acids is 2. The number of hydrogen-bond acceptors (Lipinski definition) is 6. The van der Waals surface area contributed by atoms with Crippen molar-refractivity contribution in [1.29, 1.82) is 0 Å². The molecule has 8 nitrogen and oxygen atoms in total. The van der Waals surface area contributed by atoms with Crippen molar-refractivity contribution < 1.29 is 23.2 Å². The fourth-order valence-electron chi connectivity index (χ4n) is 4.39. The first-order valence-electron chi connectivity index (χ1n) is 13.7. The van der Waals surface area contributed by atoms with Gasteiger partial charge in [0.05, 0.1) is 18.7 Å². The summed E-state index contributed by atoms with van der Waals surface area (Å²) in [5.74, 6) is -0.650. The maximum Gasteiger partial charge on any atom is 0.286 e. The molecule has 2 atom stereocenters. The molecular formula is C31H36F2N4O4. The van der Waals surface area contributed by atoms with Crippen molar-refractivity contribution in [2.45, 2.75) is 64.5 Å². The van der Waals surface area contributed by atoms with Crippen molar-refractivity contribution in [3.63, 3.8) is 0 Å².